The predicted molar refractivity (Wildman–Crippen MR) is 92.0 cm³/mol. The number of nitrogens with one attached hydrogen (secondary N) is 1. The van der Waals surface area contributed by atoms with Crippen LogP contribution in [0.4, 0.5) is 0 Å². The first-order valence-corrected chi connectivity index (χ1v) is 7.14. The number of fused-ring (bicyclic) bond motifs is 1. The molecule has 3 rings (SSSR count). The summed E-state index contributed by atoms with van der Waals surface area (Å²) >= 11 is 0. The molecular formula is C17H16N6. The summed E-state index contributed by atoms with van der Waals surface area (Å²) in [5.74, 6) is 0.261. The van der Waals surface area contributed by atoms with Gasteiger partial charge >= 0.3 is 0 Å². The van der Waals surface area contributed by atoms with Crippen LogP contribution in [0.1, 0.15) is 11.1 Å². The van der Waals surface area contributed by atoms with Crippen molar-refractivity contribution in [2.24, 2.45) is 15.8 Å². The maximum absolute atomic E-state index is 5.80. The van der Waals surface area contributed by atoms with E-state index in [0.717, 1.165) is 22.0 Å². The van der Waals surface area contributed by atoms with E-state index in [1.165, 1.54) is 0 Å². The maximum Gasteiger partial charge on any atom is 0.209 e. The first-order chi connectivity index (χ1) is 11.3. The smallest absolute Gasteiger partial charge is 0.209 e. The highest BCUT2D eigenvalue weighted by atomic mass is 15.3. The highest BCUT2D eigenvalue weighted by molar-refractivity contribution is 5.98. The van der Waals surface area contributed by atoms with Crippen molar-refractivity contribution >= 4 is 23.1 Å². The molecule has 0 saturated heterocycles. The molecular weight excluding hydrogens is 288 g/mol. The third-order valence-corrected chi connectivity index (χ3v) is 3.25. The quantitative estimate of drug-likeness (QED) is 0.439. The summed E-state index contributed by atoms with van der Waals surface area (Å²) in [4.78, 5) is 12.5. The summed E-state index contributed by atoms with van der Waals surface area (Å²) in [5.41, 5.74) is 11.4. The van der Waals surface area contributed by atoms with Crippen molar-refractivity contribution < 1.29 is 0 Å². The Morgan fingerprint density at radius 2 is 1.91 bits per heavy atom. The molecule has 0 aliphatic heterocycles. The number of para-hydroxylation sites is 1. The lowest BCUT2D eigenvalue weighted by atomic mass is 10.1. The van der Waals surface area contributed by atoms with E-state index in [4.69, 9.17) is 5.73 Å². The average Bonchev–Trinajstić information content (AvgIpc) is 2.61. The molecule has 0 aliphatic carbocycles. The Hall–Kier alpha value is -3.28. The molecule has 114 valence electrons. The Labute approximate surface area is 133 Å². The minimum absolute atomic E-state index is 0.261. The molecule has 2 aromatic heterocycles. The number of nitrogens with zero attached hydrogens (tertiary/aromatic N) is 4. The van der Waals surface area contributed by atoms with Gasteiger partial charge in [0.25, 0.3) is 0 Å². The molecule has 6 nitrogen and oxygen atoms in total. The number of hydrogen-bond donors (Lipinski definition) is 2. The van der Waals surface area contributed by atoms with Crippen LogP contribution in [0.25, 0.3) is 10.9 Å². The normalized spacial score (nSPS) is 11.9. The van der Waals surface area contributed by atoms with Gasteiger partial charge in [0.2, 0.25) is 5.96 Å². The van der Waals surface area contributed by atoms with Crippen LogP contribution in [-0.4, -0.2) is 22.1 Å². The predicted octanol–water partition coefficient (Wildman–Crippen LogP) is 2.07. The Balaban J connectivity index is 1.66. The van der Waals surface area contributed by atoms with Gasteiger partial charge < -0.3 is 5.73 Å². The maximum atomic E-state index is 5.80. The van der Waals surface area contributed by atoms with E-state index >= 15 is 0 Å². The number of aromatic nitrogens is 2. The summed E-state index contributed by atoms with van der Waals surface area (Å²) in [6, 6.07) is 13.6. The number of hydrogen-bond acceptors (Lipinski definition) is 4. The van der Waals surface area contributed by atoms with Gasteiger partial charge in [0.05, 0.1) is 18.3 Å². The Morgan fingerprint density at radius 1 is 1.09 bits per heavy atom. The number of guanidine groups is 1. The van der Waals surface area contributed by atoms with Crippen LogP contribution in [0, 0.1) is 0 Å². The topological polar surface area (TPSA) is 88.5 Å². The minimum atomic E-state index is 0.261. The van der Waals surface area contributed by atoms with E-state index in [1.807, 2.05) is 42.5 Å². The fourth-order valence-electron chi connectivity index (χ4n) is 2.10. The van der Waals surface area contributed by atoms with Gasteiger partial charge in [0, 0.05) is 29.5 Å². The van der Waals surface area contributed by atoms with Gasteiger partial charge in [-0.05, 0) is 29.8 Å². The Morgan fingerprint density at radius 3 is 2.78 bits per heavy atom. The number of pyridine rings is 2. The monoisotopic (exact) mass is 304 g/mol. The lowest BCUT2D eigenvalue weighted by molar-refractivity contribution is 0.961. The van der Waals surface area contributed by atoms with Crippen molar-refractivity contribution in [3.05, 3.63) is 72.2 Å². The summed E-state index contributed by atoms with van der Waals surface area (Å²) in [6.07, 6.45) is 6.91. The molecule has 6 heteroatoms. The molecule has 3 N–H and O–H groups in total. The van der Waals surface area contributed by atoms with Crippen molar-refractivity contribution in [3.63, 3.8) is 0 Å². The molecule has 0 amide bonds. The average molecular weight is 304 g/mol. The van der Waals surface area contributed by atoms with Gasteiger partial charge in [-0.1, -0.05) is 18.2 Å². The fraction of sp³-hybridized carbons (Fsp3) is 0.0588. The van der Waals surface area contributed by atoms with Crippen LogP contribution in [0.15, 0.2) is 71.1 Å². The number of rotatable bonds is 4. The van der Waals surface area contributed by atoms with E-state index in [0.29, 0.717) is 6.54 Å². The van der Waals surface area contributed by atoms with Crippen molar-refractivity contribution in [1.29, 1.82) is 0 Å². The van der Waals surface area contributed by atoms with Crippen LogP contribution in [-0.2, 0) is 6.54 Å². The van der Waals surface area contributed by atoms with Crippen molar-refractivity contribution in [3.8, 4) is 0 Å². The molecule has 0 saturated carbocycles. The summed E-state index contributed by atoms with van der Waals surface area (Å²) in [6.45, 7) is 0.481. The van der Waals surface area contributed by atoms with Gasteiger partial charge in [-0.3, -0.25) is 9.97 Å². The molecule has 2 heterocycles. The third-order valence-electron chi connectivity index (χ3n) is 3.25. The molecule has 1 aromatic carbocycles. The van der Waals surface area contributed by atoms with E-state index in [2.05, 4.69) is 25.5 Å². The summed E-state index contributed by atoms with van der Waals surface area (Å²) < 4.78 is 0. The van der Waals surface area contributed by atoms with E-state index in [1.54, 1.807) is 24.8 Å². The zero-order valence-electron chi connectivity index (χ0n) is 12.4. The van der Waals surface area contributed by atoms with Crippen LogP contribution in [0.2, 0.25) is 0 Å². The Kier molecular flexibility index (Phi) is 4.54. The molecule has 0 radical (unpaired) electrons. The first-order valence-electron chi connectivity index (χ1n) is 7.14. The number of nitrogens with two attached hydrogens (primary N) is 1. The number of aliphatic imine (C=N–C) groups is 1. The van der Waals surface area contributed by atoms with Crippen LogP contribution < -0.4 is 11.2 Å². The van der Waals surface area contributed by atoms with E-state index in [9.17, 15) is 0 Å². The molecule has 0 unspecified atom stereocenters. The van der Waals surface area contributed by atoms with Gasteiger partial charge in [-0.25, -0.2) is 10.4 Å². The van der Waals surface area contributed by atoms with E-state index < -0.39 is 0 Å². The fourth-order valence-corrected chi connectivity index (χ4v) is 2.10. The zero-order valence-corrected chi connectivity index (χ0v) is 12.4. The standard InChI is InChI=1S/C17H16N6/c18-17(21-11-13-5-8-19-9-6-13)23-22-12-14-7-10-20-16-4-2-1-3-15(14)16/h1-10,12H,11H2,(H3,18,21,23)/b22-12-. The molecule has 0 aliphatic rings. The first kappa shape index (κ1) is 14.6. The number of benzene rings is 1. The second kappa shape index (κ2) is 7.13. The molecule has 3 aromatic rings. The highest BCUT2D eigenvalue weighted by Gasteiger charge is 1.98. The number of hydrazone groups is 1. The van der Waals surface area contributed by atoms with Gasteiger partial charge in [-0.15, -0.1) is 0 Å². The molecule has 0 bridgehead atoms. The van der Waals surface area contributed by atoms with Crippen LogP contribution >= 0.6 is 0 Å². The Bertz CT molecular complexity index is 837. The SMILES string of the molecule is NC(=NCc1ccncc1)N/N=C\c1ccnc2ccccc12. The lowest BCUT2D eigenvalue weighted by Crippen LogP contribution is -2.27. The lowest BCUT2D eigenvalue weighted by Gasteiger charge is -2.02. The highest BCUT2D eigenvalue weighted by Crippen LogP contribution is 2.13. The summed E-state index contributed by atoms with van der Waals surface area (Å²) in [7, 11) is 0. The largest absolute Gasteiger partial charge is 0.369 e. The van der Waals surface area contributed by atoms with Gasteiger partial charge in [-0.2, -0.15) is 5.10 Å². The minimum Gasteiger partial charge on any atom is -0.369 e. The van der Waals surface area contributed by atoms with Crippen LogP contribution in [0.5, 0.6) is 0 Å². The third kappa shape index (κ3) is 3.88. The molecule has 0 fully saturated rings. The van der Waals surface area contributed by atoms with Crippen LogP contribution in [0.3, 0.4) is 0 Å². The second-order valence-electron chi connectivity index (χ2n) is 4.84. The van der Waals surface area contributed by atoms with Crippen molar-refractivity contribution in [1.82, 2.24) is 15.4 Å². The van der Waals surface area contributed by atoms with Gasteiger partial charge in [0.15, 0.2) is 0 Å². The van der Waals surface area contributed by atoms with Crippen molar-refractivity contribution in [2.45, 2.75) is 6.54 Å². The zero-order chi connectivity index (χ0) is 15.9. The summed E-state index contributed by atoms with van der Waals surface area (Å²) in [5, 5.41) is 5.17. The molecule has 23 heavy (non-hydrogen) atoms. The van der Waals surface area contributed by atoms with Crippen molar-refractivity contribution in [2.75, 3.05) is 0 Å². The molecule has 0 spiro atoms. The second-order valence-corrected chi connectivity index (χ2v) is 4.84. The molecule has 0 atom stereocenters. The van der Waals surface area contributed by atoms with Gasteiger partial charge in [0.1, 0.15) is 0 Å². The van der Waals surface area contributed by atoms with E-state index in [-0.39, 0.29) is 5.96 Å².